The number of aliphatic hydroxyl groups excluding tert-OH is 1. The molecule has 2 nitrogen and oxygen atoms in total. The summed E-state index contributed by atoms with van der Waals surface area (Å²) in [5.41, 5.74) is 0. The first-order valence-corrected chi connectivity index (χ1v) is 1.37. The van der Waals surface area contributed by atoms with E-state index in [2.05, 4.69) is 0 Å². The Balaban J connectivity index is 0. The zero-order valence-electron chi connectivity index (χ0n) is 3.06. The summed E-state index contributed by atoms with van der Waals surface area (Å²) in [4.78, 5) is 9.56. The van der Waals surface area contributed by atoms with E-state index in [-0.39, 0.29) is 20.8 Å². The van der Waals surface area contributed by atoms with Gasteiger partial charge in [0.05, 0.1) is 8.41 Å². The minimum absolute atomic E-state index is 0. The van der Waals surface area contributed by atoms with Crippen LogP contribution in [-0.4, -0.2) is 25.9 Å². The van der Waals surface area contributed by atoms with Gasteiger partial charge in [-0.2, -0.15) is 0 Å². The fourth-order valence-electron chi connectivity index (χ4n) is 0. The first-order valence-electron chi connectivity index (χ1n) is 1.37. The van der Waals surface area contributed by atoms with Crippen LogP contribution in [0.25, 0.3) is 0 Å². The van der Waals surface area contributed by atoms with Gasteiger partial charge in [-0.05, 0) is 6.92 Å². The van der Waals surface area contributed by atoms with Crippen molar-refractivity contribution in [2.24, 2.45) is 0 Å². The summed E-state index contributed by atoms with van der Waals surface area (Å²) in [6, 6.07) is 0. The Kier molecular flexibility index (Phi) is 7.19. The number of rotatable bonds is 1. The largest absolute Gasteiger partial charge is 0.389 e. The number of Topliss-reactive ketones (excluding diaryl/α,β-unsaturated/α-hetero) is 1. The molecule has 0 amide bonds. The molecule has 0 unspecified atom stereocenters. The summed E-state index contributed by atoms with van der Waals surface area (Å²) in [7, 11) is 0. The van der Waals surface area contributed by atoms with Gasteiger partial charge in [0.1, 0.15) is 6.61 Å². The highest BCUT2D eigenvalue weighted by molar-refractivity contribution is 5.76. The smallest absolute Gasteiger partial charge is 0.155 e. The van der Waals surface area contributed by atoms with Crippen molar-refractivity contribution >= 4 is 14.2 Å². The summed E-state index contributed by atoms with van der Waals surface area (Å²) in [6.45, 7) is 1.000. The second-order valence-electron chi connectivity index (χ2n) is 0.860. The lowest BCUT2D eigenvalue weighted by molar-refractivity contribution is -0.119. The molecule has 0 aromatic heterocycles. The molecule has 0 aliphatic carbocycles. The molecular weight excluding hydrogens is 78.8 g/mol. The van der Waals surface area contributed by atoms with Gasteiger partial charge < -0.3 is 5.11 Å². The Labute approximate surface area is 38.7 Å². The van der Waals surface area contributed by atoms with Crippen molar-refractivity contribution in [2.45, 2.75) is 6.92 Å². The van der Waals surface area contributed by atoms with Crippen LogP contribution in [0.2, 0.25) is 0 Å². The van der Waals surface area contributed by atoms with Crippen LogP contribution in [0.3, 0.4) is 0 Å². The van der Waals surface area contributed by atoms with E-state index in [0.717, 1.165) is 0 Å². The van der Waals surface area contributed by atoms with Crippen LogP contribution in [0.1, 0.15) is 6.92 Å². The SMILES string of the molecule is B.CC(=O)CO. The molecule has 0 atom stereocenters. The van der Waals surface area contributed by atoms with Crippen LogP contribution in [0.5, 0.6) is 0 Å². The maximum Gasteiger partial charge on any atom is 0.155 e. The average molecular weight is 87.9 g/mol. The van der Waals surface area contributed by atoms with E-state index in [0.29, 0.717) is 0 Å². The Morgan fingerprint density at radius 1 is 1.83 bits per heavy atom. The van der Waals surface area contributed by atoms with Crippen molar-refractivity contribution in [1.29, 1.82) is 0 Å². The van der Waals surface area contributed by atoms with Crippen LogP contribution in [0.4, 0.5) is 0 Å². The van der Waals surface area contributed by atoms with E-state index >= 15 is 0 Å². The monoisotopic (exact) mass is 88.1 g/mol. The molecule has 0 aliphatic rings. The van der Waals surface area contributed by atoms with E-state index in [1.807, 2.05) is 0 Å². The van der Waals surface area contributed by atoms with Crippen LogP contribution in [0, 0.1) is 0 Å². The highest BCUT2D eigenvalue weighted by Crippen LogP contribution is 1.55. The Morgan fingerprint density at radius 2 is 2.00 bits per heavy atom. The van der Waals surface area contributed by atoms with Crippen molar-refractivity contribution in [3.63, 3.8) is 0 Å². The van der Waals surface area contributed by atoms with Gasteiger partial charge in [-0.1, -0.05) is 0 Å². The number of ketones is 1. The van der Waals surface area contributed by atoms with E-state index in [1.165, 1.54) is 6.92 Å². The Hall–Kier alpha value is -0.305. The molecule has 0 spiro atoms. The summed E-state index contributed by atoms with van der Waals surface area (Å²) >= 11 is 0. The van der Waals surface area contributed by atoms with Crippen molar-refractivity contribution in [3.05, 3.63) is 0 Å². The first-order chi connectivity index (χ1) is 2.27. The van der Waals surface area contributed by atoms with Gasteiger partial charge in [0, 0.05) is 0 Å². The van der Waals surface area contributed by atoms with E-state index in [1.54, 1.807) is 0 Å². The number of hydrogen-bond acceptors (Lipinski definition) is 2. The molecule has 0 saturated heterocycles. The topological polar surface area (TPSA) is 37.3 Å². The normalized spacial score (nSPS) is 6.33. The summed E-state index contributed by atoms with van der Waals surface area (Å²) < 4.78 is 0. The minimum atomic E-state index is -0.333. The van der Waals surface area contributed by atoms with Crippen LogP contribution in [0.15, 0.2) is 0 Å². The van der Waals surface area contributed by atoms with Gasteiger partial charge in [-0.15, -0.1) is 0 Å². The molecule has 0 aliphatic heterocycles. The van der Waals surface area contributed by atoms with Crippen LogP contribution in [-0.2, 0) is 4.79 Å². The number of hydrogen-bond donors (Lipinski definition) is 1. The summed E-state index contributed by atoms with van der Waals surface area (Å²) in [6.07, 6.45) is 0. The molecule has 0 bridgehead atoms. The fourth-order valence-corrected chi connectivity index (χ4v) is 0. The predicted molar refractivity (Wildman–Crippen MR) is 27.7 cm³/mol. The molecule has 0 rings (SSSR count). The lowest BCUT2D eigenvalue weighted by Crippen LogP contribution is -1.93. The molecule has 36 valence electrons. The predicted octanol–water partition coefficient (Wildman–Crippen LogP) is -1.62. The van der Waals surface area contributed by atoms with E-state index in [4.69, 9.17) is 5.11 Å². The summed E-state index contributed by atoms with van der Waals surface area (Å²) in [5.74, 6) is -0.190. The van der Waals surface area contributed by atoms with Gasteiger partial charge in [0.2, 0.25) is 0 Å². The van der Waals surface area contributed by atoms with Gasteiger partial charge in [-0.3, -0.25) is 4.79 Å². The first kappa shape index (κ1) is 9.19. The molecule has 0 radical (unpaired) electrons. The molecule has 0 saturated carbocycles. The van der Waals surface area contributed by atoms with Crippen molar-refractivity contribution in [3.8, 4) is 0 Å². The maximum absolute atomic E-state index is 9.56. The van der Waals surface area contributed by atoms with E-state index < -0.39 is 0 Å². The second kappa shape index (κ2) is 4.69. The third-order valence-corrected chi connectivity index (χ3v) is 0.223. The number of carbonyl (C=O) groups is 1. The quantitative estimate of drug-likeness (QED) is 0.391. The van der Waals surface area contributed by atoms with Crippen LogP contribution < -0.4 is 0 Å². The third kappa shape index (κ3) is 9.34. The molecule has 0 aromatic carbocycles. The molecule has 0 aromatic rings. The molecule has 0 heterocycles. The zero-order valence-corrected chi connectivity index (χ0v) is 3.06. The highest BCUT2D eigenvalue weighted by Gasteiger charge is 1.78. The number of aliphatic hydroxyl groups is 1. The van der Waals surface area contributed by atoms with Crippen LogP contribution >= 0.6 is 0 Å². The fraction of sp³-hybridized carbons (Fsp3) is 0.667. The van der Waals surface area contributed by atoms with Gasteiger partial charge >= 0.3 is 0 Å². The molecule has 3 heteroatoms. The number of carbonyl (C=O) groups excluding carboxylic acids is 1. The van der Waals surface area contributed by atoms with Crippen molar-refractivity contribution in [2.75, 3.05) is 6.61 Å². The Morgan fingerprint density at radius 3 is 2.00 bits per heavy atom. The van der Waals surface area contributed by atoms with Gasteiger partial charge in [0.15, 0.2) is 5.78 Å². The van der Waals surface area contributed by atoms with Crippen molar-refractivity contribution < 1.29 is 9.90 Å². The Bertz CT molecular complexity index is 44.1. The lowest BCUT2D eigenvalue weighted by Gasteiger charge is -1.72. The molecular formula is C3H9BO2. The van der Waals surface area contributed by atoms with E-state index in [9.17, 15) is 4.79 Å². The maximum atomic E-state index is 9.56. The standard InChI is InChI=1S/C3H6O2.BH3/c1-3(5)2-4;/h4H,2H2,1H3;1H3. The molecule has 0 fully saturated rings. The third-order valence-electron chi connectivity index (χ3n) is 0.223. The summed E-state index contributed by atoms with van der Waals surface area (Å²) in [5, 5.41) is 7.79. The zero-order chi connectivity index (χ0) is 4.28. The van der Waals surface area contributed by atoms with Gasteiger partial charge in [-0.25, -0.2) is 0 Å². The highest BCUT2D eigenvalue weighted by atomic mass is 16.3. The minimum Gasteiger partial charge on any atom is -0.389 e. The molecule has 6 heavy (non-hydrogen) atoms. The van der Waals surface area contributed by atoms with Crippen molar-refractivity contribution in [1.82, 2.24) is 0 Å². The second-order valence-corrected chi connectivity index (χ2v) is 0.860. The molecule has 1 N–H and O–H groups in total. The van der Waals surface area contributed by atoms with Gasteiger partial charge in [0.25, 0.3) is 0 Å². The lowest BCUT2D eigenvalue weighted by atomic mass is 10.5. The average Bonchev–Trinajstić information content (AvgIpc) is 1.38.